The number of ether oxygens (including phenoxy) is 1. The molecule has 1 amide bonds. The van der Waals surface area contributed by atoms with Crippen molar-refractivity contribution in [2.24, 2.45) is 5.92 Å². The molecule has 1 aromatic carbocycles. The highest BCUT2D eigenvalue weighted by Gasteiger charge is 2.45. The van der Waals surface area contributed by atoms with Crippen LogP contribution in [-0.4, -0.2) is 23.7 Å². The standard InChI is InChI=1S/C15H18BrNO3/c1-8(2)15(3)13(18)12(14(19)17-15)11-9(16)6-5-7-10(11)20-4/h5-8,18H,1-4H3,(H,17,19). The van der Waals surface area contributed by atoms with Crippen LogP contribution in [0.15, 0.2) is 28.4 Å². The van der Waals surface area contributed by atoms with Gasteiger partial charge in [-0.1, -0.05) is 35.8 Å². The molecule has 108 valence electrons. The molecule has 1 aliphatic rings. The average Bonchev–Trinajstić information content (AvgIpc) is 2.62. The molecule has 2 rings (SSSR count). The van der Waals surface area contributed by atoms with Crippen molar-refractivity contribution in [3.05, 3.63) is 34.0 Å². The molecular weight excluding hydrogens is 322 g/mol. The molecule has 20 heavy (non-hydrogen) atoms. The van der Waals surface area contributed by atoms with Crippen LogP contribution in [0.4, 0.5) is 0 Å². The molecule has 1 unspecified atom stereocenters. The van der Waals surface area contributed by atoms with Crippen LogP contribution in [0.25, 0.3) is 5.57 Å². The Kier molecular flexibility index (Phi) is 3.82. The lowest BCUT2D eigenvalue weighted by Gasteiger charge is -2.29. The van der Waals surface area contributed by atoms with E-state index in [9.17, 15) is 9.90 Å². The maximum atomic E-state index is 12.3. The highest BCUT2D eigenvalue weighted by Crippen LogP contribution is 2.41. The molecule has 4 nitrogen and oxygen atoms in total. The van der Waals surface area contributed by atoms with Gasteiger partial charge >= 0.3 is 0 Å². The van der Waals surface area contributed by atoms with Crippen molar-refractivity contribution >= 4 is 27.4 Å². The first kappa shape index (κ1) is 14.9. The first-order valence-electron chi connectivity index (χ1n) is 6.42. The van der Waals surface area contributed by atoms with E-state index in [4.69, 9.17) is 4.74 Å². The van der Waals surface area contributed by atoms with Gasteiger partial charge in [-0.15, -0.1) is 0 Å². The molecule has 0 aliphatic carbocycles. The van der Waals surface area contributed by atoms with Crippen LogP contribution in [0.5, 0.6) is 5.75 Å². The molecule has 1 aromatic rings. The molecule has 0 fully saturated rings. The Morgan fingerprint density at radius 1 is 1.40 bits per heavy atom. The third-order valence-corrected chi connectivity index (χ3v) is 4.59. The number of halogens is 1. The number of aliphatic hydroxyl groups is 1. The summed E-state index contributed by atoms with van der Waals surface area (Å²) < 4.78 is 6.02. The largest absolute Gasteiger partial charge is 0.509 e. The zero-order chi connectivity index (χ0) is 15.1. The Morgan fingerprint density at radius 3 is 2.55 bits per heavy atom. The van der Waals surface area contributed by atoms with Crippen molar-refractivity contribution in [1.29, 1.82) is 0 Å². The molecular formula is C15H18BrNO3. The van der Waals surface area contributed by atoms with Crippen LogP contribution in [-0.2, 0) is 4.79 Å². The number of benzene rings is 1. The number of hydrogen-bond acceptors (Lipinski definition) is 3. The molecule has 0 saturated carbocycles. The highest BCUT2D eigenvalue weighted by molar-refractivity contribution is 9.10. The Labute approximate surface area is 127 Å². The van der Waals surface area contributed by atoms with Crippen LogP contribution in [0.3, 0.4) is 0 Å². The molecule has 0 bridgehead atoms. The number of hydrogen-bond donors (Lipinski definition) is 2. The summed E-state index contributed by atoms with van der Waals surface area (Å²) in [5.41, 5.74) is 0.0899. The van der Waals surface area contributed by atoms with E-state index >= 15 is 0 Å². The number of amides is 1. The summed E-state index contributed by atoms with van der Waals surface area (Å²) >= 11 is 3.42. The first-order valence-corrected chi connectivity index (χ1v) is 7.21. The fraction of sp³-hybridized carbons (Fsp3) is 0.400. The van der Waals surface area contributed by atoms with Gasteiger partial charge in [0, 0.05) is 10.0 Å². The van der Waals surface area contributed by atoms with Gasteiger partial charge in [0.1, 0.15) is 11.5 Å². The van der Waals surface area contributed by atoms with Gasteiger partial charge in [-0.25, -0.2) is 0 Å². The van der Waals surface area contributed by atoms with Crippen molar-refractivity contribution in [2.75, 3.05) is 7.11 Å². The Balaban J connectivity index is 2.69. The van der Waals surface area contributed by atoms with Crippen molar-refractivity contribution in [2.45, 2.75) is 26.3 Å². The lowest BCUT2D eigenvalue weighted by molar-refractivity contribution is -0.116. The van der Waals surface area contributed by atoms with E-state index in [1.54, 1.807) is 6.07 Å². The van der Waals surface area contributed by atoms with E-state index in [1.807, 2.05) is 32.9 Å². The predicted octanol–water partition coefficient (Wildman–Crippen LogP) is 3.27. The van der Waals surface area contributed by atoms with E-state index in [-0.39, 0.29) is 23.2 Å². The summed E-state index contributed by atoms with van der Waals surface area (Å²) in [5.74, 6) is 0.383. The van der Waals surface area contributed by atoms with Gasteiger partial charge < -0.3 is 15.2 Å². The first-order chi connectivity index (χ1) is 9.32. The lowest BCUT2D eigenvalue weighted by atomic mass is 9.86. The summed E-state index contributed by atoms with van der Waals surface area (Å²) in [6.45, 7) is 5.73. The predicted molar refractivity (Wildman–Crippen MR) is 81.6 cm³/mol. The maximum absolute atomic E-state index is 12.3. The van der Waals surface area contributed by atoms with E-state index in [1.165, 1.54) is 7.11 Å². The normalized spacial score (nSPS) is 22.4. The minimum atomic E-state index is -0.757. The van der Waals surface area contributed by atoms with Gasteiger partial charge in [-0.05, 0) is 25.0 Å². The fourth-order valence-electron chi connectivity index (χ4n) is 2.29. The van der Waals surface area contributed by atoms with Gasteiger partial charge in [0.2, 0.25) is 0 Å². The minimum absolute atomic E-state index is 0.0581. The quantitative estimate of drug-likeness (QED) is 0.888. The Hall–Kier alpha value is -1.49. The van der Waals surface area contributed by atoms with Crippen LogP contribution >= 0.6 is 15.9 Å². The van der Waals surface area contributed by atoms with Gasteiger partial charge in [-0.2, -0.15) is 0 Å². The van der Waals surface area contributed by atoms with E-state index < -0.39 is 5.54 Å². The molecule has 0 saturated heterocycles. The van der Waals surface area contributed by atoms with E-state index in [2.05, 4.69) is 21.2 Å². The summed E-state index contributed by atoms with van der Waals surface area (Å²) in [6, 6.07) is 5.40. The topological polar surface area (TPSA) is 58.6 Å². The van der Waals surface area contributed by atoms with Crippen LogP contribution in [0.1, 0.15) is 26.3 Å². The summed E-state index contributed by atoms with van der Waals surface area (Å²) in [6.07, 6.45) is 0. The van der Waals surface area contributed by atoms with Gasteiger partial charge in [0.05, 0.1) is 18.2 Å². The minimum Gasteiger partial charge on any atom is -0.509 e. The fourth-order valence-corrected chi connectivity index (χ4v) is 2.84. The van der Waals surface area contributed by atoms with E-state index in [0.29, 0.717) is 15.8 Å². The molecule has 1 atom stereocenters. The molecule has 5 heteroatoms. The monoisotopic (exact) mass is 339 g/mol. The molecule has 1 aliphatic heterocycles. The van der Waals surface area contributed by atoms with Gasteiger partial charge in [0.25, 0.3) is 5.91 Å². The smallest absolute Gasteiger partial charge is 0.256 e. The van der Waals surface area contributed by atoms with E-state index in [0.717, 1.165) is 0 Å². The van der Waals surface area contributed by atoms with Crippen LogP contribution in [0, 0.1) is 5.92 Å². The number of nitrogens with one attached hydrogen (secondary N) is 1. The number of carbonyl (C=O) groups is 1. The van der Waals surface area contributed by atoms with Crippen molar-refractivity contribution in [3.8, 4) is 5.75 Å². The second-order valence-electron chi connectivity index (χ2n) is 5.35. The third kappa shape index (κ3) is 2.10. The summed E-state index contributed by atoms with van der Waals surface area (Å²) in [7, 11) is 1.54. The van der Waals surface area contributed by atoms with Crippen molar-refractivity contribution < 1.29 is 14.6 Å². The Morgan fingerprint density at radius 2 is 2.05 bits per heavy atom. The number of rotatable bonds is 3. The third-order valence-electron chi connectivity index (χ3n) is 3.93. The summed E-state index contributed by atoms with van der Waals surface area (Å²) in [5, 5.41) is 13.4. The van der Waals surface area contributed by atoms with Crippen LogP contribution < -0.4 is 10.1 Å². The summed E-state index contributed by atoms with van der Waals surface area (Å²) in [4.78, 5) is 12.3. The number of aliphatic hydroxyl groups excluding tert-OH is 1. The Bertz CT molecular complexity index is 595. The van der Waals surface area contributed by atoms with Crippen molar-refractivity contribution in [1.82, 2.24) is 5.32 Å². The molecule has 0 aromatic heterocycles. The molecule has 0 spiro atoms. The average molecular weight is 340 g/mol. The SMILES string of the molecule is COc1cccc(Br)c1C1=C(O)C(C)(C(C)C)NC1=O. The van der Waals surface area contributed by atoms with Gasteiger partial charge in [-0.3, -0.25) is 4.79 Å². The van der Waals surface area contributed by atoms with Crippen molar-refractivity contribution in [3.63, 3.8) is 0 Å². The molecule has 2 N–H and O–H groups in total. The van der Waals surface area contributed by atoms with Crippen LogP contribution in [0.2, 0.25) is 0 Å². The lowest BCUT2D eigenvalue weighted by Crippen LogP contribution is -2.46. The number of carbonyl (C=O) groups excluding carboxylic acids is 1. The molecule has 1 heterocycles. The second-order valence-corrected chi connectivity index (χ2v) is 6.21. The highest BCUT2D eigenvalue weighted by atomic mass is 79.9. The maximum Gasteiger partial charge on any atom is 0.256 e. The number of methoxy groups -OCH3 is 1. The van der Waals surface area contributed by atoms with Gasteiger partial charge in [0.15, 0.2) is 0 Å². The zero-order valence-electron chi connectivity index (χ0n) is 12.0. The molecule has 0 radical (unpaired) electrons. The second kappa shape index (κ2) is 5.13. The zero-order valence-corrected chi connectivity index (χ0v) is 13.5.